The smallest absolute Gasteiger partial charge is 0.242 e. The molecular weight excluding hydrogens is 422 g/mol. The van der Waals surface area contributed by atoms with Gasteiger partial charge in [0, 0.05) is 11.6 Å². The lowest BCUT2D eigenvalue weighted by Crippen LogP contribution is -2.31. The van der Waals surface area contributed by atoms with Gasteiger partial charge in [-0.15, -0.1) is 5.10 Å². The highest BCUT2D eigenvalue weighted by Gasteiger charge is 2.37. The number of methoxy groups -OCH3 is 2. The van der Waals surface area contributed by atoms with Gasteiger partial charge in [-0.1, -0.05) is 61.2 Å². The van der Waals surface area contributed by atoms with E-state index in [0.717, 1.165) is 28.3 Å². The summed E-state index contributed by atoms with van der Waals surface area (Å²) < 4.78 is 10.6. The van der Waals surface area contributed by atoms with Crippen LogP contribution in [0.3, 0.4) is 0 Å². The predicted molar refractivity (Wildman–Crippen MR) is 131 cm³/mol. The Morgan fingerprint density at radius 3 is 2.66 bits per heavy atom. The van der Waals surface area contributed by atoms with Crippen LogP contribution in [0.25, 0.3) is 10.8 Å². The van der Waals surface area contributed by atoms with Crippen molar-refractivity contribution in [3.8, 4) is 11.5 Å². The maximum Gasteiger partial charge on any atom is 0.242 e. The van der Waals surface area contributed by atoms with Gasteiger partial charge in [-0.25, -0.2) is 0 Å². The van der Waals surface area contributed by atoms with E-state index in [1.54, 1.807) is 31.4 Å². The molecule has 3 aromatic rings. The molecule has 1 aliphatic rings. The Kier molecular flexibility index (Phi) is 6.75. The number of hydrogen-bond donors (Lipinski definition) is 0. The second-order valence-electron chi connectivity index (χ2n) is 7.31. The third-order valence-corrected chi connectivity index (χ3v) is 6.71. The number of rotatable bonds is 7. The molecule has 0 aromatic heterocycles. The van der Waals surface area contributed by atoms with Crippen molar-refractivity contribution in [3.05, 3.63) is 71.8 Å². The highest BCUT2D eigenvalue weighted by Crippen LogP contribution is 2.32. The van der Waals surface area contributed by atoms with Gasteiger partial charge in [0.05, 0.1) is 32.2 Å². The van der Waals surface area contributed by atoms with Gasteiger partial charge in [-0.3, -0.25) is 9.69 Å². The number of fused-ring (bicyclic) bond motifs is 1. The standard InChI is InChI=1S/C25H25N3O3S/c1-4-23-24(29)28(16-19-10-7-9-17-8-5-6-11-21(17)19)25(32-23)27-26-15-18-12-13-20(30-2)14-22(18)31-3/h5-15,23H,4,16H2,1-3H3/b26-15-,27-25+/t23-/m0/s1. The van der Waals surface area contributed by atoms with Gasteiger partial charge in [0.2, 0.25) is 5.91 Å². The number of benzene rings is 3. The van der Waals surface area contributed by atoms with E-state index in [4.69, 9.17) is 9.47 Å². The van der Waals surface area contributed by atoms with Crippen LogP contribution in [0.1, 0.15) is 24.5 Å². The largest absolute Gasteiger partial charge is 0.497 e. The quantitative estimate of drug-likeness (QED) is 0.373. The predicted octanol–water partition coefficient (Wildman–Crippen LogP) is 5.10. The fraction of sp³-hybridized carbons (Fsp3) is 0.240. The maximum absolute atomic E-state index is 13.0. The summed E-state index contributed by atoms with van der Waals surface area (Å²) in [7, 11) is 3.21. The first-order valence-corrected chi connectivity index (χ1v) is 11.3. The molecule has 4 rings (SSSR count). The van der Waals surface area contributed by atoms with Crippen molar-refractivity contribution in [2.24, 2.45) is 10.2 Å². The molecule has 0 unspecified atom stereocenters. The van der Waals surface area contributed by atoms with Gasteiger partial charge < -0.3 is 9.47 Å². The molecule has 0 radical (unpaired) electrons. The van der Waals surface area contributed by atoms with E-state index >= 15 is 0 Å². The Bertz CT molecular complexity index is 1190. The first-order chi connectivity index (χ1) is 15.6. The van der Waals surface area contributed by atoms with Gasteiger partial charge in [0.25, 0.3) is 0 Å². The van der Waals surface area contributed by atoms with Crippen LogP contribution < -0.4 is 9.47 Å². The average Bonchev–Trinajstić information content (AvgIpc) is 3.13. The molecule has 1 amide bonds. The Hall–Kier alpha value is -3.32. The third-order valence-electron chi connectivity index (χ3n) is 5.38. The van der Waals surface area contributed by atoms with Crippen molar-refractivity contribution >= 4 is 39.8 Å². The first-order valence-electron chi connectivity index (χ1n) is 10.4. The number of nitrogens with zero attached hydrogens (tertiary/aromatic N) is 3. The lowest BCUT2D eigenvalue weighted by molar-refractivity contribution is -0.126. The zero-order valence-corrected chi connectivity index (χ0v) is 19.1. The Morgan fingerprint density at radius 2 is 1.88 bits per heavy atom. The van der Waals surface area contributed by atoms with Gasteiger partial charge >= 0.3 is 0 Å². The highest BCUT2D eigenvalue weighted by atomic mass is 32.2. The van der Waals surface area contributed by atoms with Crippen molar-refractivity contribution in [2.75, 3.05) is 14.2 Å². The lowest BCUT2D eigenvalue weighted by atomic mass is 10.0. The average molecular weight is 448 g/mol. The van der Waals surface area contributed by atoms with Crippen molar-refractivity contribution in [3.63, 3.8) is 0 Å². The molecule has 6 nitrogen and oxygen atoms in total. The Balaban J connectivity index is 1.62. The number of hydrogen-bond acceptors (Lipinski definition) is 6. The second kappa shape index (κ2) is 9.87. The van der Waals surface area contributed by atoms with Crippen LogP contribution >= 0.6 is 11.8 Å². The fourth-order valence-electron chi connectivity index (χ4n) is 3.66. The van der Waals surface area contributed by atoms with Crippen molar-refractivity contribution in [1.82, 2.24) is 4.90 Å². The number of thioether (sulfide) groups is 1. The van der Waals surface area contributed by atoms with E-state index < -0.39 is 0 Å². The summed E-state index contributed by atoms with van der Waals surface area (Å²) in [5, 5.41) is 11.4. The van der Waals surface area contributed by atoms with Crippen LogP contribution in [0.4, 0.5) is 0 Å². The number of carbonyl (C=O) groups excluding carboxylic acids is 1. The molecular formula is C25H25N3O3S. The molecule has 0 aliphatic carbocycles. The Labute approximate surface area is 191 Å². The SMILES string of the molecule is CC[C@@H]1S/C(=N/N=C\c2ccc(OC)cc2OC)N(Cc2cccc3ccccc23)C1=O. The molecule has 0 N–H and O–H groups in total. The van der Waals surface area contributed by atoms with Crippen molar-refractivity contribution < 1.29 is 14.3 Å². The summed E-state index contributed by atoms with van der Waals surface area (Å²) >= 11 is 1.46. The number of amidine groups is 1. The number of amides is 1. The van der Waals surface area contributed by atoms with E-state index in [-0.39, 0.29) is 11.2 Å². The number of ether oxygens (including phenoxy) is 2. The minimum atomic E-state index is -0.144. The minimum Gasteiger partial charge on any atom is -0.497 e. The maximum atomic E-state index is 13.0. The van der Waals surface area contributed by atoms with Crippen LogP contribution in [0.5, 0.6) is 11.5 Å². The van der Waals surface area contributed by atoms with Gasteiger partial charge in [0.15, 0.2) is 5.17 Å². The van der Waals surface area contributed by atoms with E-state index in [1.165, 1.54) is 11.8 Å². The molecule has 32 heavy (non-hydrogen) atoms. The molecule has 0 spiro atoms. The number of carbonyl (C=O) groups is 1. The molecule has 1 fully saturated rings. The molecule has 3 aromatic carbocycles. The molecule has 1 saturated heterocycles. The summed E-state index contributed by atoms with van der Waals surface area (Å²) in [5.74, 6) is 1.42. The molecule has 1 heterocycles. The lowest BCUT2D eigenvalue weighted by Gasteiger charge is -2.17. The fourth-order valence-corrected chi connectivity index (χ4v) is 4.68. The van der Waals surface area contributed by atoms with Crippen LogP contribution in [-0.2, 0) is 11.3 Å². The normalized spacial score (nSPS) is 17.6. The van der Waals surface area contributed by atoms with E-state index in [2.05, 4.69) is 34.5 Å². The van der Waals surface area contributed by atoms with Crippen molar-refractivity contribution in [1.29, 1.82) is 0 Å². The molecule has 164 valence electrons. The molecule has 1 atom stereocenters. The van der Waals surface area contributed by atoms with E-state index in [9.17, 15) is 4.79 Å². The van der Waals surface area contributed by atoms with Gasteiger partial charge in [0.1, 0.15) is 11.5 Å². The molecule has 0 bridgehead atoms. The zero-order chi connectivity index (χ0) is 22.5. The Morgan fingerprint density at radius 1 is 1.06 bits per heavy atom. The summed E-state index contributed by atoms with van der Waals surface area (Å²) in [4.78, 5) is 14.8. The van der Waals surface area contributed by atoms with Crippen LogP contribution in [0.15, 0.2) is 70.9 Å². The van der Waals surface area contributed by atoms with Crippen LogP contribution in [0.2, 0.25) is 0 Å². The van der Waals surface area contributed by atoms with Gasteiger partial charge in [-0.2, -0.15) is 5.10 Å². The minimum absolute atomic E-state index is 0.0708. The first kappa shape index (κ1) is 21.9. The third kappa shape index (κ3) is 4.48. The summed E-state index contributed by atoms with van der Waals surface area (Å²) in [6.45, 7) is 2.48. The summed E-state index contributed by atoms with van der Waals surface area (Å²) in [5.41, 5.74) is 1.86. The molecule has 0 saturated carbocycles. The molecule has 7 heteroatoms. The molecule has 1 aliphatic heterocycles. The van der Waals surface area contributed by atoms with Crippen LogP contribution in [-0.4, -0.2) is 41.7 Å². The summed E-state index contributed by atoms with van der Waals surface area (Å²) in [6, 6.07) is 19.8. The second-order valence-corrected chi connectivity index (χ2v) is 8.48. The monoisotopic (exact) mass is 447 g/mol. The topological polar surface area (TPSA) is 63.5 Å². The summed E-state index contributed by atoms with van der Waals surface area (Å²) in [6.07, 6.45) is 2.37. The van der Waals surface area contributed by atoms with E-state index in [1.807, 2.05) is 37.3 Å². The van der Waals surface area contributed by atoms with Gasteiger partial charge in [-0.05, 0) is 34.9 Å². The van der Waals surface area contributed by atoms with Crippen molar-refractivity contribution in [2.45, 2.75) is 25.1 Å². The van der Waals surface area contributed by atoms with Crippen LogP contribution in [0, 0.1) is 0 Å². The highest BCUT2D eigenvalue weighted by molar-refractivity contribution is 8.15. The zero-order valence-electron chi connectivity index (χ0n) is 18.3. The van der Waals surface area contributed by atoms with E-state index in [0.29, 0.717) is 23.2 Å².